The van der Waals surface area contributed by atoms with E-state index in [1.165, 1.54) is 0 Å². The summed E-state index contributed by atoms with van der Waals surface area (Å²) in [6, 6.07) is 7.39. The Morgan fingerprint density at radius 3 is 2.94 bits per heavy atom. The molecule has 1 aromatic carbocycles. The number of benzene rings is 1. The van der Waals surface area contributed by atoms with Crippen molar-refractivity contribution in [3.05, 3.63) is 24.3 Å². The molecule has 0 saturated heterocycles. The SMILES string of the molecule is CCOc1cccc(NC(=O)CCNC)c1. The van der Waals surface area contributed by atoms with Gasteiger partial charge in [-0.1, -0.05) is 6.07 Å². The zero-order valence-corrected chi connectivity index (χ0v) is 9.75. The molecule has 0 radical (unpaired) electrons. The van der Waals surface area contributed by atoms with Crippen molar-refractivity contribution in [2.45, 2.75) is 13.3 Å². The van der Waals surface area contributed by atoms with Crippen LogP contribution in [-0.2, 0) is 4.79 Å². The van der Waals surface area contributed by atoms with Gasteiger partial charge in [-0.2, -0.15) is 0 Å². The molecule has 0 heterocycles. The molecular weight excluding hydrogens is 204 g/mol. The van der Waals surface area contributed by atoms with Crippen LogP contribution in [0.25, 0.3) is 0 Å². The number of rotatable bonds is 6. The maximum absolute atomic E-state index is 11.4. The first-order valence-electron chi connectivity index (χ1n) is 5.43. The first-order valence-corrected chi connectivity index (χ1v) is 5.43. The maximum Gasteiger partial charge on any atom is 0.225 e. The quantitative estimate of drug-likeness (QED) is 0.769. The van der Waals surface area contributed by atoms with Gasteiger partial charge in [-0.25, -0.2) is 0 Å². The highest BCUT2D eigenvalue weighted by Gasteiger charge is 2.02. The minimum Gasteiger partial charge on any atom is -0.494 e. The summed E-state index contributed by atoms with van der Waals surface area (Å²) in [5.41, 5.74) is 0.770. The first-order chi connectivity index (χ1) is 7.76. The summed E-state index contributed by atoms with van der Waals surface area (Å²) in [6.45, 7) is 3.23. The van der Waals surface area contributed by atoms with Gasteiger partial charge in [-0.05, 0) is 26.1 Å². The molecule has 0 spiro atoms. The predicted molar refractivity (Wildman–Crippen MR) is 64.8 cm³/mol. The van der Waals surface area contributed by atoms with Crippen molar-refractivity contribution >= 4 is 11.6 Å². The number of carbonyl (C=O) groups is 1. The van der Waals surface area contributed by atoms with Crippen LogP contribution in [0.3, 0.4) is 0 Å². The molecule has 0 unspecified atom stereocenters. The van der Waals surface area contributed by atoms with Crippen LogP contribution in [0.1, 0.15) is 13.3 Å². The van der Waals surface area contributed by atoms with Crippen LogP contribution in [0.15, 0.2) is 24.3 Å². The molecule has 2 N–H and O–H groups in total. The number of hydrogen-bond donors (Lipinski definition) is 2. The molecule has 0 fully saturated rings. The average molecular weight is 222 g/mol. The normalized spacial score (nSPS) is 9.88. The monoisotopic (exact) mass is 222 g/mol. The van der Waals surface area contributed by atoms with Crippen molar-refractivity contribution in [1.82, 2.24) is 5.32 Å². The van der Waals surface area contributed by atoms with E-state index in [2.05, 4.69) is 10.6 Å². The fourth-order valence-electron chi connectivity index (χ4n) is 1.29. The van der Waals surface area contributed by atoms with Crippen LogP contribution in [0.5, 0.6) is 5.75 Å². The summed E-state index contributed by atoms with van der Waals surface area (Å²) in [4.78, 5) is 11.4. The number of carbonyl (C=O) groups excluding carboxylic acids is 1. The van der Waals surface area contributed by atoms with E-state index >= 15 is 0 Å². The molecule has 0 aliphatic carbocycles. The van der Waals surface area contributed by atoms with E-state index in [0.717, 1.165) is 11.4 Å². The molecule has 16 heavy (non-hydrogen) atoms. The smallest absolute Gasteiger partial charge is 0.225 e. The van der Waals surface area contributed by atoms with Gasteiger partial charge >= 0.3 is 0 Å². The molecule has 0 aliphatic rings. The van der Waals surface area contributed by atoms with Gasteiger partial charge in [0.05, 0.1) is 6.61 Å². The van der Waals surface area contributed by atoms with Crippen molar-refractivity contribution in [2.75, 3.05) is 25.5 Å². The fraction of sp³-hybridized carbons (Fsp3) is 0.417. The van der Waals surface area contributed by atoms with Gasteiger partial charge in [0.25, 0.3) is 0 Å². The second kappa shape index (κ2) is 6.85. The lowest BCUT2D eigenvalue weighted by atomic mass is 10.3. The Labute approximate surface area is 96.0 Å². The Morgan fingerprint density at radius 1 is 1.44 bits per heavy atom. The van der Waals surface area contributed by atoms with Gasteiger partial charge in [-0.15, -0.1) is 0 Å². The zero-order chi connectivity index (χ0) is 11.8. The van der Waals surface area contributed by atoms with E-state index in [1.54, 1.807) is 0 Å². The van der Waals surface area contributed by atoms with Gasteiger partial charge in [-0.3, -0.25) is 4.79 Å². The summed E-state index contributed by atoms with van der Waals surface area (Å²) in [5.74, 6) is 0.775. The summed E-state index contributed by atoms with van der Waals surface area (Å²) >= 11 is 0. The predicted octanol–water partition coefficient (Wildman–Crippen LogP) is 1.63. The third-order valence-electron chi connectivity index (χ3n) is 2.03. The molecular formula is C12H18N2O2. The largest absolute Gasteiger partial charge is 0.494 e. The topological polar surface area (TPSA) is 50.4 Å². The molecule has 1 rings (SSSR count). The highest BCUT2D eigenvalue weighted by Crippen LogP contribution is 2.17. The van der Waals surface area contributed by atoms with Crippen LogP contribution < -0.4 is 15.4 Å². The lowest BCUT2D eigenvalue weighted by Crippen LogP contribution is -2.18. The van der Waals surface area contributed by atoms with E-state index in [1.807, 2.05) is 38.2 Å². The Balaban J connectivity index is 2.52. The van der Waals surface area contributed by atoms with Crippen LogP contribution >= 0.6 is 0 Å². The molecule has 0 aliphatic heterocycles. The first kappa shape index (κ1) is 12.5. The van der Waals surface area contributed by atoms with Crippen molar-refractivity contribution < 1.29 is 9.53 Å². The molecule has 0 atom stereocenters. The van der Waals surface area contributed by atoms with E-state index in [4.69, 9.17) is 4.74 Å². The lowest BCUT2D eigenvalue weighted by Gasteiger charge is -2.07. The fourth-order valence-corrected chi connectivity index (χ4v) is 1.29. The number of ether oxygens (including phenoxy) is 1. The molecule has 0 saturated carbocycles. The van der Waals surface area contributed by atoms with Crippen LogP contribution in [0.4, 0.5) is 5.69 Å². The summed E-state index contributed by atoms with van der Waals surface area (Å²) in [6.07, 6.45) is 0.468. The van der Waals surface area contributed by atoms with Crippen molar-refractivity contribution in [3.8, 4) is 5.75 Å². The second-order valence-corrected chi connectivity index (χ2v) is 3.36. The molecule has 0 aromatic heterocycles. The number of amides is 1. The Bertz CT molecular complexity index is 340. The number of hydrogen-bond acceptors (Lipinski definition) is 3. The summed E-state index contributed by atoms with van der Waals surface area (Å²) < 4.78 is 5.35. The van der Waals surface area contributed by atoms with Gasteiger partial charge < -0.3 is 15.4 Å². The zero-order valence-electron chi connectivity index (χ0n) is 9.75. The van der Waals surface area contributed by atoms with Crippen LogP contribution in [0.2, 0.25) is 0 Å². The van der Waals surface area contributed by atoms with Crippen LogP contribution in [0, 0.1) is 0 Å². The van der Waals surface area contributed by atoms with Crippen LogP contribution in [-0.4, -0.2) is 26.1 Å². The summed E-state index contributed by atoms with van der Waals surface area (Å²) in [5, 5.41) is 5.75. The molecule has 1 amide bonds. The second-order valence-electron chi connectivity index (χ2n) is 3.36. The van der Waals surface area contributed by atoms with E-state index in [0.29, 0.717) is 19.6 Å². The number of nitrogens with one attached hydrogen (secondary N) is 2. The Hall–Kier alpha value is -1.55. The van der Waals surface area contributed by atoms with Gasteiger partial charge in [0.1, 0.15) is 5.75 Å². The molecule has 0 bridgehead atoms. The van der Waals surface area contributed by atoms with E-state index in [-0.39, 0.29) is 5.91 Å². The molecule has 88 valence electrons. The Morgan fingerprint density at radius 2 is 2.25 bits per heavy atom. The van der Waals surface area contributed by atoms with Crippen molar-refractivity contribution in [3.63, 3.8) is 0 Å². The van der Waals surface area contributed by atoms with Gasteiger partial charge in [0.15, 0.2) is 0 Å². The van der Waals surface area contributed by atoms with E-state index in [9.17, 15) is 4.79 Å². The highest BCUT2D eigenvalue weighted by atomic mass is 16.5. The minimum absolute atomic E-state index is 0.00278. The summed E-state index contributed by atoms with van der Waals surface area (Å²) in [7, 11) is 1.82. The third kappa shape index (κ3) is 4.31. The lowest BCUT2D eigenvalue weighted by molar-refractivity contribution is -0.116. The molecule has 4 heteroatoms. The van der Waals surface area contributed by atoms with E-state index < -0.39 is 0 Å². The van der Waals surface area contributed by atoms with Crippen molar-refractivity contribution in [1.29, 1.82) is 0 Å². The number of anilines is 1. The minimum atomic E-state index is 0.00278. The third-order valence-corrected chi connectivity index (χ3v) is 2.03. The maximum atomic E-state index is 11.4. The highest BCUT2D eigenvalue weighted by molar-refractivity contribution is 5.90. The molecule has 4 nitrogen and oxygen atoms in total. The standard InChI is InChI=1S/C12H18N2O2/c1-3-16-11-6-4-5-10(9-11)14-12(15)7-8-13-2/h4-6,9,13H,3,7-8H2,1-2H3,(H,14,15). The van der Waals surface area contributed by atoms with Crippen molar-refractivity contribution in [2.24, 2.45) is 0 Å². The molecule has 1 aromatic rings. The average Bonchev–Trinajstić information content (AvgIpc) is 2.27. The van der Waals surface area contributed by atoms with Gasteiger partial charge in [0, 0.05) is 24.7 Å². The van der Waals surface area contributed by atoms with Gasteiger partial charge in [0.2, 0.25) is 5.91 Å². The Kier molecular flexibility index (Phi) is 5.36.